The van der Waals surface area contributed by atoms with Crippen LogP contribution in [-0.4, -0.2) is 0 Å². The normalized spacial score (nSPS) is 43.2. The minimum Gasteiger partial charge on any atom is -0.0625 e. The summed E-state index contributed by atoms with van der Waals surface area (Å²) in [6, 6.07) is 0. The zero-order chi connectivity index (χ0) is 8.39. The first-order valence-corrected chi connectivity index (χ1v) is 5.84. The molecule has 0 nitrogen and oxygen atoms in total. The summed E-state index contributed by atoms with van der Waals surface area (Å²) in [7, 11) is 0. The smallest absolute Gasteiger partial charge is 0.0409 e. The van der Waals surface area contributed by atoms with Crippen LogP contribution in [0.15, 0.2) is 0 Å². The van der Waals surface area contributed by atoms with E-state index in [0.29, 0.717) is 0 Å². The van der Waals surface area contributed by atoms with Crippen molar-refractivity contribution in [3.05, 3.63) is 0 Å². The maximum atomic E-state index is 2.46. The quantitative estimate of drug-likeness (QED) is 0.510. The molecule has 0 saturated heterocycles. The number of hydrogen-bond acceptors (Lipinski definition) is 0. The van der Waals surface area contributed by atoms with Crippen molar-refractivity contribution in [3.63, 3.8) is 0 Å². The van der Waals surface area contributed by atoms with Gasteiger partial charge in [-0.05, 0) is 30.6 Å². The molecule has 0 aromatic carbocycles. The third kappa shape index (κ3) is 2.02. The maximum Gasteiger partial charge on any atom is -0.0409 e. The molecule has 2 rings (SSSR count). The molecule has 2 bridgehead atoms. The minimum absolute atomic E-state index is 1.03. The molecule has 70 valence electrons. The molecule has 0 heteroatoms. The fourth-order valence-corrected chi connectivity index (χ4v) is 3.26. The number of fused-ring (bicyclic) bond motifs is 2. The van der Waals surface area contributed by atoms with Crippen LogP contribution in [0, 0.1) is 17.8 Å². The molecule has 0 aromatic rings. The molecule has 0 radical (unpaired) electrons. The minimum atomic E-state index is 1.03. The fourth-order valence-electron chi connectivity index (χ4n) is 3.26. The van der Waals surface area contributed by atoms with Crippen molar-refractivity contribution < 1.29 is 0 Å². The summed E-state index contributed by atoms with van der Waals surface area (Å²) < 4.78 is 0. The maximum absolute atomic E-state index is 2.46. The van der Waals surface area contributed by atoms with Gasteiger partial charge >= 0.3 is 0 Å². The predicted molar refractivity (Wildman–Crippen MR) is 53.1 cm³/mol. The van der Waals surface area contributed by atoms with Crippen LogP contribution >= 0.6 is 0 Å². The lowest BCUT2D eigenvalue weighted by atomic mass is 9.91. The van der Waals surface area contributed by atoms with Crippen molar-refractivity contribution in [2.24, 2.45) is 17.8 Å². The summed E-state index contributed by atoms with van der Waals surface area (Å²) in [6.45, 7) is 2.46. The molecule has 0 amide bonds. The Hall–Kier alpha value is 0. The van der Waals surface area contributed by atoms with Crippen LogP contribution < -0.4 is 0 Å². The highest BCUT2D eigenvalue weighted by Crippen LogP contribution is 2.38. The second-order valence-corrected chi connectivity index (χ2v) is 5.17. The first-order chi connectivity index (χ1) is 5.84. The van der Waals surface area contributed by atoms with Crippen molar-refractivity contribution >= 4 is 0 Å². The summed E-state index contributed by atoms with van der Waals surface area (Å²) in [5, 5.41) is 0. The molecule has 2 aliphatic rings. The third-order valence-electron chi connectivity index (χ3n) is 3.94. The molecule has 0 spiro atoms. The summed E-state index contributed by atoms with van der Waals surface area (Å²) in [5.74, 6) is 3.25. The molecule has 0 N–H and O–H groups in total. The monoisotopic (exact) mass is 166 g/mol. The van der Waals surface area contributed by atoms with Gasteiger partial charge in [0.15, 0.2) is 0 Å². The summed E-state index contributed by atoms with van der Waals surface area (Å²) in [5.41, 5.74) is 0. The van der Waals surface area contributed by atoms with Crippen molar-refractivity contribution in [1.29, 1.82) is 0 Å². The Morgan fingerprint density at radius 3 is 2.33 bits per heavy atom. The Morgan fingerprint density at radius 1 is 0.750 bits per heavy atom. The van der Waals surface area contributed by atoms with Gasteiger partial charge in [-0.1, -0.05) is 45.4 Å². The molecule has 12 heavy (non-hydrogen) atoms. The van der Waals surface area contributed by atoms with Gasteiger partial charge in [0.1, 0.15) is 0 Å². The van der Waals surface area contributed by atoms with E-state index in [-0.39, 0.29) is 0 Å². The second kappa shape index (κ2) is 3.81. The first kappa shape index (κ1) is 8.59. The second-order valence-electron chi connectivity index (χ2n) is 5.17. The highest BCUT2D eigenvalue weighted by Gasteiger charge is 2.25. The van der Waals surface area contributed by atoms with Gasteiger partial charge in [-0.25, -0.2) is 0 Å². The van der Waals surface area contributed by atoms with E-state index in [4.69, 9.17) is 0 Å². The van der Waals surface area contributed by atoms with Gasteiger partial charge in [0.2, 0.25) is 0 Å². The van der Waals surface area contributed by atoms with E-state index in [9.17, 15) is 0 Å². The van der Waals surface area contributed by atoms with E-state index in [1.54, 1.807) is 19.3 Å². The molecule has 2 aliphatic carbocycles. The summed E-state index contributed by atoms with van der Waals surface area (Å²) in [6.07, 6.45) is 12.3. The molecular weight excluding hydrogens is 144 g/mol. The molecule has 0 aromatic heterocycles. The van der Waals surface area contributed by atoms with Crippen LogP contribution in [-0.2, 0) is 0 Å². The van der Waals surface area contributed by atoms with Gasteiger partial charge < -0.3 is 0 Å². The largest absolute Gasteiger partial charge is 0.0625 e. The topological polar surface area (TPSA) is 0 Å². The predicted octanol–water partition coefficient (Wildman–Crippen LogP) is 4.00. The van der Waals surface area contributed by atoms with Crippen molar-refractivity contribution in [1.82, 2.24) is 0 Å². The first-order valence-electron chi connectivity index (χ1n) is 5.84. The Bertz CT molecular complexity index is 139. The number of rotatable bonds is 0. The molecule has 2 saturated carbocycles. The molecule has 0 aliphatic heterocycles. The van der Waals surface area contributed by atoms with Gasteiger partial charge in [0.25, 0.3) is 0 Å². The lowest BCUT2D eigenvalue weighted by Crippen LogP contribution is -2.03. The average molecular weight is 166 g/mol. The van der Waals surface area contributed by atoms with Crippen LogP contribution in [0.3, 0.4) is 0 Å². The van der Waals surface area contributed by atoms with Gasteiger partial charge in [0.05, 0.1) is 0 Å². The molecule has 3 atom stereocenters. The lowest BCUT2D eigenvalue weighted by Gasteiger charge is -2.15. The number of hydrogen-bond donors (Lipinski definition) is 0. The van der Waals surface area contributed by atoms with E-state index in [1.165, 1.54) is 32.1 Å². The van der Waals surface area contributed by atoms with Crippen molar-refractivity contribution in [2.75, 3.05) is 0 Å². The van der Waals surface area contributed by atoms with Crippen molar-refractivity contribution in [2.45, 2.75) is 58.3 Å². The van der Waals surface area contributed by atoms with Crippen LogP contribution in [0.5, 0.6) is 0 Å². The Morgan fingerprint density at radius 2 is 1.50 bits per heavy atom. The SMILES string of the molecule is CC1CCC2CCCCC(C1)C2. The molecular formula is C12H22. The summed E-state index contributed by atoms with van der Waals surface area (Å²) in [4.78, 5) is 0. The van der Waals surface area contributed by atoms with Gasteiger partial charge in [-0.3, -0.25) is 0 Å². The van der Waals surface area contributed by atoms with Crippen LogP contribution in [0.4, 0.5) is 0 Å². The Kier molecular flexibility index (Phi) is 2.73. The fraction of sp³-hybridized carbons (Fsp3) is 1.00. The lowest BCUT2D eigenvalue weighted by molar-refractivity contribution is 0.365. The van der Waals surface area contributed by atoms with Crippen molar-refractivity contribution in [3.8, 4) is 0 Å². The van der Waals surface area contributed by atoms with E-state index in [2.05, 4.69) is 6.92 Å². The highest BCUT2D eigenvalue weighted by atomic mass is 14.3. The van der Waals surface area contributed by atoms with E-state index in [1.807, 2.05) is 0 Å². The van der Waals surface area contributed by atoms with Gasteiger partial charge in [-0.15, -0.1) is 0 Å². The molecule has 0 heterocycles. The average Bonchev–Trinajstić information content (AvgIpc) is 2.35. The standard InChI is InChI=1S/C12H22/c1-10-6-7-11-4-2-3-5-12(8-10)9-11/h10-12H,2-9H2,1H3. The van der Waals surface area contributed by atoms with E-state index >= 15 is 0 Å². The zero-order valence-corrected chi connectivity index (χ0v) is 8.39. The highest BCUT2D eigenvalue weighted by molar-refractivity contribution is 4.77. The Balaban J connectivity index is 1.99. The van der Waals surface area contributed by atoms with Crippen LogP contribution in [0.25, 0.3) is 0 Å². The Labute approximate surface area is 76.7 Å². The van der Waals surface area contributed by atoms with Crippen LogP contribution in [0.2, 0.25) is 0 Å². The van der Waals surface area contributed by atoms with E-state index in [0.717, 1.165) is 17.8 Å². The van der Waals surface area contributed by atoms with Gasteiger partial charge in [-0.2, -0.15) is 0 Å². The van der Waals surface area contributed by atoms with Gasteiger partial charge in [0, 0.05) is 0 Å². The van der Waals surface area contributed by atoms with E-state index < -0.39 is 0 Å². The van der Waals surface area contributed by atoms with Crippen LogP contribution in [0.1, 0.15) is 58.3 Å². The summed E-state index contributed by atoms with van der Waals surface area (Å²) >= 11 is 0. The molecule has 2 fully saturated rings. The molecule has 3 unspecified atom stereocenters. The zero-order valence-electron chi connectivity index (χ0n) is 8.39. The third-order valence-corrected chi connectivity index (χ3v) is 3.94.